The Hall–Kier alpha value is -2.67. The Morgan fingerprint density at radius 1 is 1.03 bits per heavy atom. The van der Waals surface area contributed by atoms with Crippen LogP contribution < -0.4 is 16.0 Å². The predicted octanol–water partition coefficient (Wildman–Crippen LogP) is 2.52. The summed E-state index contributed by atoms with van der Waals surface area (Å²) in [6.45, 7) is 10.9. The van der Waals surface area contributed by atoms with E-state index in [4.69, 9.17) is 5.11 Å². The minimum absolute atomic E-state index is 0.0160. The van der Waals surface area contributed by atoms with Gasteiger partial charge < -0.3 is 21.1 Å². The van der Waals surface area contributed by atoms with Gasteiger partial charge in [0.2, 0.25) is 11.8 Å². The molecule has 1 rings (SSSR count). The number of likely N-dealkylation sites (N-methyl/N-ethyl adjacent to an activating group) is 1. The van der Waals surface area contributed by atoms with E-state index in [9.17, 15) is 14.4 Å². The van der Waals surface area contributed by atoms with E-state index in [0.29, 0.717) is 6.42 Å². The maximum Gasteiger partial charge on any atom is 0.331 e. The highest BCUT2D eigenvalue weighted by Crippen LogP contribution is 2.21. The number of nitrogens with one attached hydrogen (secondary N) is 3. The molecule has 7 nitrogen and oxygen atoms in total. The fourth-order valence-corrected chi connectivity index (χ4v) is 3.08. The average Bonchev–Trinajstić information content (AvgIpc) is 2.68. The van der Waals surface area contributed by atoms with Gasteiger partial charge in [0.05, 0.1) is 12.1 Å². The van der Waals surface area contributed by atoms with Crippen LogP contribution in [0.5, 0.6) is 0 Å². The van der Waals surface area contributed by atoms with Crippen LogP contribution in [0.2, 0.25) is 0 Å². The van der Waals surface area contributed by atoms with Crippen molar-refractivity contribution < 1.29 is 19.5 Å². The number of carbonyl (C=O) groups is 3. The smallest absolute Gasteiger partial charge is 0.331 e. The molecule has 0 saturated carbocycles. The maximum absolute atomic E-state index is 13.1. The zero-order chi connectivity index (χ0) is 23.8. The van der Waals surface area contributed by atoms with Crippen LogP contribution in [0.3, 0.4) is 0 Å². The monoisotopic (exact) mass is 431 g/mol. The molecule has 0 saturated heterocycles. The zero-order valence-corrected chi connectivity index (χ0v) is 19.7. The predicted molar refractivity (Wildman–Crippen MR) is 123 cm³/mol. The summed E-state index contributed by atoms with van der Waals surface area (Å²) in [6.07, 6.45) is 2.04. The highest BCUT2D eigenvalue weighted by Gasteiger charge is 2.35. The van der Waals surface area contributed by atoms with Gasteiger partial charge in [-0.05, 0) is 37.3 Å². The number of carboxylic acids is 1. The Balaban J connectivity index is 3.01. The molecule has 0 aliphatic carbocycles. The molecular weight excluding hydrogens is 394 g/mol. The molecule has 0 aromatic heterocycles. The molecule has 1 aromatic carbocycles. The molecule has 7 heteroatoms. The van der Waals surface area contributed by atoms with Gasteiger partial charge in [-0.1, -0.05) is 71.0 Å². The lowest BCUT2D eigenvalue weighted by molar-refractivity contribution is -0.133. The van der Waals surface area contributed by atoms with Gasteiger partial charge in [-0.3, -0.25) is 9.59 Å². The summed E-state index contributed by atoms with van der Waals surface area (Å²) in [6, 6.07) is 7.93. The summed E-state index contributed by atoms with van der Waals surface area (Å²) in [4.78, 5) is 37.3. The van der Waals surface area contributed by atoms with Crippen molar-refractivity contribution in [3.8, 4) is 0 Å². The molecule has 0 radical (unpaired) electrons. The van der Waals surface area contributed by atoms with E-state index in [1.54, 1.807) is 7.05 Å². The van der Waals surface area contributed by atoms with Crippen molar-refractivity contribution in [2.24, 2.45) is 11.3 Å². The van der Waals surface area contributed by atoms with Crippen molar-refractivity contribution in [2.75, 3.05) is 7.05 Å². The molecule has 0 bridgehead atoms. The Morgan fingerprint density at radius 3 is 2.06 bits per heavy atom. The molecule has 0 aliphatic rings. The fourth-order valence-electron chi connectivity index (χ4n) is 3.08. The van der Waals surface area contributed by atoms with E-state index >= 15 is 0 Å². The second-order valence-corrected chi connectivity index (χ2v) is 9.27. The molecule has 31 heavy (non-hydrogen) atoms. The first-order valence-electron chi connectivity index (χ1n) is 10.6. The molecule has 2 amide bonds. The van der Waals surface area contributed by atoms with Crippen LogP contribution >= 0.6 is 0 Å². The Morgan fingerprint density at radius 2 is 1.61 bits per heavy atom. The van der Waals surface area contributed by atoms with Gasteiger partial charge in [-0.2, -0.15) is 0 Å². The SMILES string of the molecule is CNC(Cc1ccccc1)C(=O)N[C@H](C(=O)N[C@H](/C=C(\C)C(=O)O)C(C)C)C(C)(C)C. The van der Waals surface area contributed by atoms with Gasteiger partial charge in [0.15, 0.2) is 0 Å². The summed E-state index contributed by atoms with van der Waals surface area (Å²) in [7, 11) is 1.72. The molecule has 0 aliphatic heterocycles. The average molecular weight is 432 g/mol. The number of carbonyl (C=O) groups excluding carboxylic acids is 2. The summed E-state index contributed by atoms with van der Waals surface area (Å²) >= 11 is 0. The topological polar surface area (TPSA) is 108 Å². The van der Waals surface area contributed by atoms with Gasteiger partial charge in [0.1, 0.15) is 6.04 Å². The molecule has 0 fully saturated rings. The Bertz CT molecular complexity index is 782. The molecule has 3 atom stereocenters. The lowest BCUT2D eigenvalue weighted by Crippen LogP contribution is -2.59. The number of benzene rings is 1. The van der Waals surface area contributed by atoms with Gasteiger partial charge in [0.25, 0.3) is 0 Å². The number of carboxylic acid groups (broad SMARTS) is 1. The zero-order valence-electron chi connectivity index (χ0n) is 19.7. The molecule has 172 valence electrons. The van der Waals surface area contributed by atoms with E-state index in [1.807, 2.05) is 65.0 Å². The molecular formula is C24H37N3O4. The first kappa shape index (κ1) is 26.4. The highest BCUT2D eigenvalue weighted by atomic mass is 16.4. The maximum atomic E-state index is 13.1. The molecule has 1 aromatic rings. The van der Waals surface area contributed by atoms with E-state index in [-0.39, 0.29) is 23.3 Å². The van der Waals surface area contributed by atoms with Crippen molar-refractivity contribution in [2.45, 2.75) is 66.1 Å². The minimum Gasteiger partial charge on any atom is -0.478 e. The number of amides is 2. The summed E-state index contributed by atoms with van der Waals surface area (Å²) in [5, 5.41) is 18.0. The van der Waals surface area contributed by atoms with Crippen LogP contribution in [0.1, 0.15) is 47.1 Å². The second kappa shape index (κ2) is 11.6. The van der Waals surface area contributed by atoms with E-state index in [0.717, 1.165) is 5.56 Å². The lowest BCUT2D eigenvalue weighted by atomic mass is 9.85. The van der Waals surface area contributed by atoms with E-state index < -0.39 is 29.5 Å². The first-order chi connectivity index (χ1) is 14.4. The van der Waals surface area contributed by atoms with Crippen LogP contribution in [-0.2, 0) is 20.8 Å². The van der Waals surface area contributed by atoms with Crippen LogP contribution in [0.4, 0.5) is 0 Å². The molecule has 0 spiro atoms. The third-order valence-electron chi connectivity index (χ3n) is 5.16. The molecule has 4 N–H and O–H groups in total. The minimum atomic E-state index is -1.03. The summed E-state index contributed by atoms with van der Waals surface area (Å²) in [5.41, 5.74) is 0.633. The third-order valence-corrected chi connectivity index (χ3v) is 5.16. The van der Waals surface area contributed by atoms with Crippen molar-refractivity contribution in [3.63, 3.8) is 0 Å². The Kier molecular flexibility index (Phi) is 9.91. The van der Waals surface area contributed by atoms with Crippen LogP contribution in [0.15, 0.2) is 42.0 Å². The van der Waals surface area contributed by atoms with Crippen LogP contribution in [0.25, 0.3) is 0 Å². The van der Waals surface area contributed by atoms with Crippen molar-refractivity contribution in [3.05, 3.63) is 47.5 Å². The van der Waals surface area contributed by atoms with E-state index in [2.05, 4.69) is 16.0 Å². The van der Waals surface area contributed by atoms with Gasteiger partial charge in [0, 0.05) is 5.57 Å². The van der Waals surface area contributed by atoms with E-state index in [1.165, 1.54) is 13.0 Å². The van der Waals surface area contributed by atoms with Crippen molar-refractivity contribution >= 4 is 17.8 Å². The van der Waals surface area contributed by atoms with Crippen LogP contribution in [0, 0.1) is 11.3 Å². The normalized spacial score (nSPS) is 15.2. The van der Waals surface area contributed by atoms with Crippen molar-refractivity contribution in [1.29, 1.82) is 0 Å². The highest BCUT2D eigenvalue weighted by molar-refractivity contribution is 5.91. The molecule has 1 unspecified atom stereocenters. The quantitative estimate of drug-likeness (QED) is 0.426. The number of rotatable bonds is 10. The standard InChI is InChI=1S/C24H37N3O4/c1-15(2)18(13-16(3)23(30)31)26-22(29)20(24(4,5)6)27-21(28)19(25-7)14-17-11-9-8-10-12-17/h8-13,15,18-20,25H,14H2,1-7H3,(H,26,29)(H,27,28)(H,30,31)/b16-13+/t18-,19?,20-/m1/s1. The second-order valence-electron chi connectivity index (χ2n) is 9.27. The Labute approximate surface area is 185 Å². The van der Waals surface area contributed by atoms with Gasteiger partial charge in [-0.15, -0.1) is 0 Å². The molecule has 0 heterocycles. The van der Waals surface area contributed by atoms with Crippen LogP contribution in [-0.4, -0.2) is 48.1 Å². The lowest BCUT2D eigenvalue weighted by Gasteiger charge is -2.33. The fraction of sp³-hybridized carbons (Fsp3) is 0.542. The van der Waals surface area contributed by atoms with Gasteiger partial charge in [-0.25, -0.2) is 4.79 Å². The first-order valence-corrected chi connectivity index (χ1v) is 10.6. The number of hydrogen-bond acceptors (Lipinski definition) is 4. The van der Waals surface area contributed by atoms with Crippen molar-refractivity contribution in [1.82, 2.24) is 16.0 Å². The van der Waals surface area contributed by atoms with Gasteiger partial charge >= 0.3 is 5.97 Å². The summed E-state index contributed by atoms with van der Waals surface area (Å²) in [5.74, 6) is -1.65. The number of hydrogen-bond donors (Lipinski definition) is 4. The summed E-state index contributed by atoms with van der Waals surface area (Å²) < 4.78 is 0. The largest absolute Gasteiger partial charge is 0.478 e. The number of aliphatic carboxylic acids is 1. The third kappa shape index (κ3) is 8.53.